The molecular weight excluding hydrogens is 863 g/mol. The standard InChI is InChI=1S/C60H113NO8/c1-6-8-10-12-14-16-18-20-22-24-26-27-28-29-30-31-32-33-35-36-38-40-42-44-46-48-50-57(62)67-54-56(55-68-60(59(64)65)66-53-52-61(3,4)5)69-58(63)51-49-47-45-43-41-39-37-34-25-23-21-19-17-15-13-11-9-7-2/h17,19,23,25,56,60H,6-16,18,20-22,24,26-55H2,1-5H3/p+1/b19-17-,25-23-. The van der Waals surface area contributed by atoms with Crippen molar-refractivity contribution in [2.75, 3.05) is 47.5 Å². The Labute approximate surface area is 427 Å². The molecule has 0 saturated carbocycles. The van der Waals surface area contributed by atoms with E-state index in [4.69, 9.17) is 18.9 Å². The molecular formula is C60H114NO8+. The first-order chi connectivity index (χ1) is 33.6. The number of esters is 2. The van der Waals surface area contributed by atoms with Gasteiger partial charge in [0.2, 0.25) is 0 Å². The van der Waals surface area contributed by atoms with Crippen molar-refractivity contribution < 1.29 is 42.9 Å². The molecule has 2 unspecified atom stereocenters. The number of rotatable bonds is 55. The Hall–Kier alpha value is -2.23. The van der Waals surface area contributed by atoms with Crippen molar-refractivity contribution in [2.24, 2.45) is 0 Å². The van der Waals surface area contributed by atoms with Crippen molar-refractivity contribution in [1.29, 1.82) is 0 Å². The van der Waals surface area contributed by atoms with Crippen molar-refractivity contribution in [3.63, 3.8) is 0 Å². The van der Waals surface area contributed by atoms with Gasteiger partial charge >= 0.3 is 17.9 Å². The van der Waals surface area contributed by atoms with Crippen molar-refractivity contribution in [2.45, 2.75) is 296 Å². The number of carbonyl (C=O) groups excluding carboxylic acids is 2. The van der Waals surface area contributed by atoms with E-state index in [0.29, 0.717) is 23.9 Å². The van der Waals surface area contributed by atoms with Gasteiger partial charge in [0.05, 0.1) is 34.4 Å². The van der Waals surface area contributed by atoms with Gasteiger partial charge in [0.15, 0.2) is 6.10 Å². The second kappa shape index (κ2) is 52.1. The van der Waals surface area contributed by atoms with E-state index in [1.54, 1.807) is 0 Å². The molecule has 0 rings (SSSR count). The van der Waals surface area contributed by atoms with Crippen LogP contribution in [-0.4, -0.2) is 87.4 Å². The van der Waals surface area contributed by atoms with Crippen LogP contribution in [-0.2, 0) is 33.3 Å². The smallest absolute Gasteiger partial charge is 0.361 e. The second-order valence-electron chi connectivity index (χ2n) is 21.3. The lowest BCUT2D eigenvalue weighted by Gasteiger charge is -2.25. The molecule has 0 aliphatic rings. The van der Waals surface area contributed by atoms with E-state index in [-0.39, 0.29) is 32.2 Å². The largest absolute Gasteiger partial charge is 0.477 e. The highest BCUT2D eigenvalue weighted by molar-refractivity contribution is 5.71. The number of unbranched alkanes of at least 4 members (excludes halogenated alkanes) is 36. The van der Waals surface area contributed by atoms with Gasteiger partial charge in [-0.15, -0.1) is 0 Å². The maximum atomic E-state index is 12.9. The quantitative estimate of drug-likeness (QED) is 0.0211. The monoisotopic (exact) mass is 977 g/mol. The fourth-order valence-electron chi connectivity index (χ4n) is 8.63. The van der Waals surface area contributed by atoms with Gasteiger partial charge in [-0.1, -0.05) is 250 Å². The summed E-state index contributed by atoms with van der Waals surface area (Å²) in [5, 5.41) is 9.70. The lowest BCUT2D eigenvalue weighted by Crippen LogP contribution is -2.40. The summed E-state index contributed by atoms with van der Waals surface area (Å²) in [5.41, 5.74) is 0. The fourth-order valence-corrected chi connectivity index (χ4v) is 8.63. The first kappa shape index (κ1) is 66.8. The molecule has 0 heterocycles. The average Bonchev–Trinajstić information content (AvgIpc) is 3.31. The van der Waals surface area contributed by atoms with Crippen LogP contribution < -0.4 is 0 Å². The van der Waals surface area contributed by atoms with Crippen LogP contribution in [0.4, 0.5) is 0 Å². The summed E-state index contributed by atoms with van der Waals surface area (Å²) in [5.74, 6) is -2.00. The maximum absolute atomic E-state index is 12.9. The summed E-state index contributed by atoms with van der Waals surface area (Å²) in [6.45, 7) is 4.90. The lowest BCUT2D eigenvalue weighted by atomic mass is 10.0. The number of carbonyl (C=O) groups is 3. The van der Waals surface area contributed by atoms with Gasteiger partial charge < -0.3 is 28.5 Å². The number of hydrogen-bond acceptors (Lipinski definition) is 7. The number of quaternary nitrogens is 1. The van der Waals surface area contributed by atoms with Gasteiger partial charge in [-0.3, -0.25) is 9.59 Å². The zero-order valence-electron chi connectivity index (χ0n) is 46.2. The third-order valence-corrected chi connectivity index (χ3v) is 13.2. The zero-order valence-corrected chi connectivity index (χ0v) is 46.2. The Balaban J connectivity index is 4.17. The molecule has 0 fully saturated rings. The number of nitrogens with zero attached hydrogens (tertiary/aromatic N) is 1. The molecule has 0 aromatic carbocycles. The third kappa shape index (κ3) is 53.4. The minimum absolute atomic E-state index is 0.180. The molecule has 406 valence electrons. The number of aliphatic carboxylic acids is 1. The first-order valence-electron chi connectivity index (χ1n) is 29.5. The molecule has 0 spiro atoms. The van der Waals surface area contributed by atoms with E-state index >= 15 is 0 Å². The fraction of sp³-hybridized carbons (Fsp3) is 0.883. The summed E-state index contributed by atoms with van der Waals surface area (Å²) in [6, 6.07) is 0. The summed E-state index contributed by atoms with van der Waals surface area (Å²) >= 11 is 0. The topological polar surface area (TPSA) is 108 Å². The molecule has 9 heteroatoms. The summed E-state index contributed by atoms with van der Waals surface area (Å²) in [4.78, 5) is 37.4. The van der Waals surface area contributed by atoms with Crippen LogP contribution in [0, 0.1) is 0 Å². The van der Waals surface area contributed by atoms with Crippen molar-refractivity contribution in [3.8, 4) is 0 Å². The van der Waals surface area contributed by atoms with Crippen molar-refractivity contribution in [3.05, 3.63) is 24.3 Å². The molecule has 0 aliphatic carbocycles. The number of ether oxygens (including phenoxy) is 4. The van der Waals surface area contributed by atoms with Crippen LogP contribution in [0.2, 0.25) is 0 Å². The molecule has 9 nitrogen and oxygen atoms in total. The normalized spacial score (nSPS) is 12.9. The Bertz CT molecular complexity index is 1180. The van der Waals surface area contributed by atoms with E-state index in [2.05, 4.69) is 38.2 Å². The number of carboxylic acids is 1. The molecule has 0 radical (unpaired) electrons. The number of hydrogen-bond donors (Lipinski definition) is 1. The van der Waals surface area contributed by atoms with E-state index in [0.717, 1.165) is 51.4 Å². The van der Waals surface area contributed by atoms with Crippen molar-refractivity contribution >= 4 is 17.9 Å². The van der Waals surface area contributed by atoms with Crippen LogP contribution in [0.5, 0.6) is 0 Å². The molecule has 0 aliphatic heterocycles. The minimum atomic E-state index is -1.51. The van der Waals surface area contributed by atoms with E-state index in [9.17, 15) is 19.5 Å². The zero-order chi connectivity index (χ0) is 50.6. The number of likely N-dealkylation sites (N-methyl/N-ethyl adjacent to an activating group) is 1. The first-order valence-corrected chi connectivity index (χ1v) is 29.5. The van der Waals surface area contributed by atoms with E-state index < -0.39 is 24.3 Å². The Morgan fingerprint density at radius 3 is 1.16 bits per heavy atom. The number of allylic oxidation sites excluding steroid dienone is 4. The molecule has 0 saturated heterocycles. The molecule has 2 atom stereocenters. The van der Waals surface area contributed by atoms with Crippen LogP contribution >= 0.6 is 0 Å². The molecule has 1 N–H and O–H groups in total. The maximum Gasteiger partial charge on any atom is 0.361 e. The number of carboxylic acid groups (broad SMARTS) is 1. The van der Waals surface area contributed by atoms with Gasteiger partial charge in [-0.05, 0) is 44.9 Å². The third-order valence-electron chi connectivity index (χ3n) is 13.2. The highest BCUT2D eigenvalue weighted by Crippen LogP contribution is 2.17. The molecule has 0 aromatic heterocycles. The minimum Gasteiger partial charge on any atom is -0.477 e. The van der Waals surface area contributed by atoms with Gasteiger partial charge in [0.25, 0.3) is 6.29 Å². The average molecular weight is 978 g/mol. The summed E-state index contributed by atoms with van der Waals surface area (Å²) in [7, 11) is 5.97. The summed E-state index contributed by atoms with van der Waals surface area (Å²) < 4.78 is 22.9. The summed E-state index contributed by atoms with van der Waals surface area (Å²) in [6.07, 6.45) is 58.3. The molecule has 0 amide bonds. The van der Waals surface area contributed by atoms with Crippen LogP contribution in [0.15, 0.2) is 24.3 Å². The highest BCUT2D eigenvalue weighted by Gasteiger charge is 2.25. The molecule has 0 aromatic rings. The second-order valence-corrected chi connectivity index (χ2v) is 21.3. The van der Waals surface area contributed by atoms with Gasteiger partial charge in [0, 0.05) is 12.8 Å². The van der Waals surface area contributed by atoms with Crippen LogP contribution in [0.3, 0.4) is 0 Å². The predicted octanol–water partition coefficient (Wildman–Crippen LogP) is 17.1. The van der Waals surface area contributed by atoms with Gasteiger partial charge in [-0.25, -0.2) is 4.79 Å². The SMILES string of the molecule is CCCCCC/C=C\C/C=C\CCCCCCCCCC(=O)OC(COC(=O)CCCCCCCCCCCCCCCCCCCCCCCCCCCC)COC(OCC[N+](C)(C)C)C(=O)O. The predicted molar refractivity (Wildman–Crippen MR) is 291 cm³/mol. The van der Waals surface area contributed by atoms with E-state index in [1.165, 1.54) is 199 Å². The van der Waals surface area contributed by atoms with Crippen molar-refractivity contribution in [1.82, 2.24) is 0 Å². The van der Waals surface area contributed by atoms with Gasteiger partial charge in [0.1, 0.15) is 13.2 Å². The Kier molecular flexibility index (Phi) is 50.4. The van der Waals surface area contributed by atoms with Crippen LogP contribution in [0.1, 0.15) is 284 Å². The van der Waals surface area contributed by atoms with E-state index in [1.807, 2.05) is 21.1 Å². The molecule has 0 bridgehead atoms. The Morgan fingerprint density at radius 1 is 0.435 bits per heavy atom. The Morgan fingerprint density at radius 2 is 0.783 bits per heavy atom. The highest BCUT2D eigenvalue weighted by atomic mass is 16.7. The van der Waals surface area contributed by atoms with Gasteiger partial charge in [-0.2, -0.15) is 0 Å². The molecule has 69 heavy (non-hydrogen) atoms. The lowest BCUT2D eigenvalue weighted by molar-refractivity contribution is -0.870. The van der Waals surface area contributed by atoms with Crippen LogP contribution in [0.25, 0.3) is 0 Å².